The molecule has 2 aromatic rings. The maximum Gasteiger partial charge on any atom is 0.414 e. The second kappa shape index (κ2) is 9.45. The van der Waals surface area contributed by atoms with Crippen molar-refractivity contribution in [2.24, 2.45) is 0 Å². The van der Waals surface area contributed by atoms with Gasteiger partial charge in [-0.25, -0.2) is 9.78 Å². The van der Waals surface area contributed by atoms with Crippen molar-refractivity contribution < 1.29 is 37.3 Å². The number of halogens is 3. The van der Waals surface area contributed by atoms with Crippen LogP contribution in [0.5, 0.6) is 0 Å². The molecule has 1 amide bonds. The van der Waals surface area contributed by atoms with Gasteiger partial charge in [-0.15, -0.1) is 0 Å². The maximum atomic E-state index is 12.3. The van der Waals surface area contributed by atoms with Gasteiger partial charge >= 0.3 is 12.3 Å². The third kappa shape index (κ3) is 5.71. The highest BCUT2D eigenvalue weighted by atomic mass is 19.4. The lowest BCUT2D eigenvalue weighted by molar-refractivity contribution is -0.204. The Hall–Kier alpha value is -2.63. The lowest BCUT2D eigenvalue weighted by Gasteiger charge is -2.22. The van der Waals surface area contributed by atoms with Crippen LogP contribution in [0.4, 0.5) is 18.0 Å². The molecule has 1 aliphatic heterocycles. The number of nitrogens with one attached hydrogen (secondary N) is 2. The summed E-state index contributed by atoms with van der Waals surface area (Å²) in [7, 11) is 0. The summed E-state index contributed by atoms with van der Waals surface area (Å²) in [5.41, 5.74) is 1.77. The van der Waals surface area contributed by atoms with E-state index in [2.05, 4.69) is 15.6 Å². The van der Waals surface area contributed by atoms with Crippen molar-refractivity contribution in [1.29, 1.82) is 0 Å². The van der Waals surface area contributed by atoms with Gasteiger partial charge < -0.3 is 30.0 Å². The van der Waals surface area contributed by atoms with E-state index in [-0.39, 0.29) is 12.6 Å². The number of benzene rings is 1. The Balaban J connectivity index is 1.51. The molecule has 1 fully saturated rings. The second-order valence-corrected chi connectivity index (χ2v) is 6.99. The largest absolute Gasteiger partial charge is 0.444 e. The average Bonchev–Trinajstić information content (AvgIpc) is 3.34. The van der Waals surface area contributed by atoms with Crippen molar-refractivity contribution >= 4 is 6.09 Å². The molecule has 4 N–H and O–H groups in total. The van der Waals surface area contributed by atoms with Gasteiger partial charge in [0.15, 0.2) is 18.3 Å². The van der Waals surface area contributed by atoms with Gasteiger partial charge in [0.05, 0.1) is 12.2 Å². The molecule has 4 atom stereocenters. The standard InChI is InChI=1S/C19H22F3N3O5/c20-19(21,22)16(27)5-6-24-18(28)30-17-13(25-8-14(17)26)7-11-1-3-12(4-2-11)15-9-23-10-29-15/h1-4,9-10,13-14,16-17,25-27H,5-8H2,(H,24,28)/t13-,14+,16?,17+/m1/s1. The van der Waals surface area contributed by atoms with E-state index >= 15 is 0 Å². The van der Waals surface area contributed by atoms with Crippen LogP contribution in [0, 0.1) is 0 Å². The zero-order valence-corrected chi connectivity index (χ0v) is 15.8. The topological polar surface area (TPSA) is 117 Å². The van der Waals surface area contributed by atoms with Crippen molar-refractivity contribution in [3.05, 3.63) is 42.4 Å². The number of aromatic nitrogens is 1. The van der Waals surface area contributed by atoms with Crippen LogP contribution in [-0.4, -0.2) is 64.9 Å². The van der Waals surface area contributed by atoms with E-state index in [1.807, 2.05) is 24.3 Å². The van der Waals surface area contributed by atoms with Gasteiger partial charge in [-0.3, -0.25) is 0 Å². The number of aliphatic hydroxyl groups is 2. The number of carbonyl (C=O) groups is 1. The fourth-order valence-corrected chi connectivity index (χ4v) is 3.18. The third-order valence-corrected chi connectivity index (χ3v) is 4.80. The molecular weight excluding hydrogens is 407 g/mol. The minimum Gasteiger partial charge on any atom is -0.444 e. The highest BCUT2D eigenvalue weighted by molar-refractivity contribution is 5.67. The van der Waals surface area contributed by atoms with E-state index in [0.717, 1.165) is 11.1 Å². The van der Waals surface area contributed by atoms with Crippen molar-refractivity contribution in [3.8, 4) is 11.3 Å². The van der Waals surface area contributed by atoms with E-state index in [1.165, 1.54) is 6.39 Å². The number of hydrogen-bond donors (Lipinski definition) is 4. The summed E-state index contributed by atoms with van der Waals surface area (Å²) >= 11 is 0. The van der Waals surface area contributed by atoms with Crippen LogP contribution in [-0.2, 0) is 11.2 Å². The van der Waals surface area contributed by atoms with Gasteiger partial charge in [-0.1, -0.05) is 24.3 Å². The van der Waals surface area contributed by atoms with Gasteiger partial charge in [0.1, 0.15) is 12.2 Å². The summed E-state index contributed by atoms with van der Waals surface area (Å²) in [6.07, 6.45) is -7.34. The molecule has 1 unspecified atom stereocenters. The Morgan fingerprint density at radius 1 is 1.37 bits per heavy atom. The first-order valence-corrected chi connectivity index (χ1v) is 9.32. The molecular formula is C19H22F3N3O5. The molecule has 8 nitrogen and oxygen atoms in total. The molecule has 30 heavy (non-hydrogen) atoms. The summed E-state index contributed by atoms with van der Waals surface area (Å²) < 4.78 is 47.3. The first kappa shape index (κ1) is 22.1. The number of ether oxygens (including phenoxy) is 1. The quantitative estimate of drug-likeness (QED) is 0.529. The minimum absolute atomic E-state index is 0.214. The zero-order valence-electron chi connectivity index (χ0n) is 15.8. The lowest BCUT2D eigenvalue weighted by atomic mass is 10.00. The Kier molecular flexibility index (Phi) is 6.95. The summed E-state index contributed by atoms with van der Waals surface area (Å²) in [6.45, 7) is -0.199. The molecule has 0 saturated carbocycles. The number of oxazole rings is 1. The fourth-order valence-electron chi connectivity index (χ4n) is 3.18. The van der Waals surface area contributed by atoms with Gasteiger partial charge in [0, 0.05) is 18.7 Å². The number of β-amino-alcohol motifs (C(OH)–C–C–N with tert-alkyl or cyclic N) is 1. The number of aliphatic hydroxyl groups excluding tert-OH is 2. The molecule has 1 aliphatic rings. The molecule has 1 aromatic heterocycles. The van der Waals surface area contributed by atoms with Crippen molar-refractivity contribution in [2.75, 3.05) is 13.1 Å². The van der Waals surface area contributed by atoms with E-state index in [4.69, 9.17) is 14.3 Å². The summed E-state index contributed by atoms with van der Waals surface area (Å²) in [6, 6.07) is 7.09. The third-order valence-electron chi connectivity index (χ3n) is 4.80. The normalized spacial score (nSPS) is 22.6. The number of amides is 1. The number of alkyl carbamates (subject to hydrolysis) is 1. The number of nitrogens with zero attached hydrogens (tertiary/aromatic N) is 1. The predicted octanol–water partition coefficient (Wildman–Crippen LogP) is 1.62. The Bertz CT molecular complexity index is 814. The molecule has 3 rings (SSSR count). The molecule has 0 aliphatic carbocycles. The number of rotatable bonds is 7. The number of carbonyl (C=O) groups excluding carboxylic acids is 1. The SMILES string of the molecule is O=C(NCCC(O)C(F)(F)F)O[C@@H]1[C@@H](O)CN[C@@H]1Cc1ccc(-c2cnco2)cc1. The van der Waals surface area contributed by atoms with Crippen LogP contribution in [0.15, 0.2) is 41.3 Å². The Labute approximate surface area is 170 Å². The van der Waals surface area contributed by atoms with Crippen LogP contribution >= 0.6 is 0 Å². The van der Waals surface area contributed by atoms with Crippen LogP contribution in [0.3, 0.4) is 0 Å². The van der Waals surface area contributed by atoms with E-state index in [0.29, 0.717) is 12.2 Å². The van der Waals surface area contributed by atoms with Gasteiger partial charge in [0.25, 0.3) is 0 Å². The minimum atomic E-state index is -4.74. The van der Waals surface area contributed by atoms with Crippen molar-refractivity contribution in [3.63, 3.8) is 0 Å². The highest BCUT2D eigenvalue weighted by Gasteiger charge is 2.39. The first-order chi connectivity index (χ1) is 14.2. The van der Waals surface area contributed by atoms with Crippen molar-refractivity contribution in [2.45, 2.75) is 43.4 Å². The molecule has 164 valence electrons. The smallest absolute Gasteiger partial charge is 0.414 e. The molecule has 11 heteroatoms. The van der Waals surface area contributed by atoms with Crippen LogP contribution in [0.2, 0.25) is 0 Å². The summed E-state index contributed by atoms with van der Waals surface area (Å²) in [5.74, 6) is 0.629. The predicted molar refractivity (Wildman–Crippen MR) is 98.4 cm³/mol. The van der Waals surface area contributed by atoms with E-state index < -0.39 is 43.5 Å². The molecule has 1 saturated heterocycles. The molecule has 0 bridgehead atoms. The van der Waals surface area contributed by atoms with Crippen LogP contribution in [0.1, 0.15) is 12.0 Å². The molecule has 0 spiro atoms. The molecule has 2 heterocycles. The Morgan fingerprint density at radius 3 is 2.73 bits per heavy atom. The van der Waals surface area contributed by atoms with Gasteiger partial charge in [0.2, 0.25) is 0 Å². The van der Waals surface area contributed by atoms with Crippen LogP contribution < -0.4 is 10.6 Å². The maximum absolute atomic E-state index is 12.3. The van der Waals surface area contributed by atoms with E-state index in [9.17, 15) is 23.1 Å². The monoisotopic (exact) mass is 429 g/mol. The zero-order chi connectivity index (χ0) is 21.7. The van der Waals surface area contributed by atoms with Crippen LogP contribution in [0.25, 0.3) is 11.3 Å². The first-order valence-electron chi connectivity index (χ1n) is 9.32. The molecule has 0 radical (unpaired) electrons. The lowest BCUT2D eigenvalue weighted by Crippen LogP contribution is -2.42. The fraction of sp³-hybridized carbons (Fsp3) is 0.474. The second-order valence-electron chi connectivity index (χ2n) is 6.99. The molecule has 1 aromatic carbocycles. The number of alkyl halides is 3. The summed E-state index contributed by atoms with van der Waals surface area (Å²) in [4.78, 5) is 15.8. The van der Waals surface area contributed by atoms with Gasteiger partial charge in [-0.05, 0) is 18.4 Å². The average molecular weight is 429 g/mol. The summed E-state index contributed by atoms with van der Waals surface area (Å²) in [5, 5.41) is 24.3. The van der Waals surface area contributed by atoms with E-state index in [1.54, 1.807) is 6.20 Å². The highest BCUT2D eigenvalue weighted by Crippen LogP contribution is 2.23. The van der Waals surface area contributed by atoms with Crippen molar-refractivity contribution in [1.82, 2.24) is 15.6 Å². The number of hydrogen-bond acceptors (Lipinski definition) is 7. The Morgan fingerprint density at radius 2 is 2.10 bits per heavy atom. The van der Waals surface area contributed by atoms with Gasteiger partial charge in [-0.2, -0.15) is 13.2 Å².